The van der Waals surface area contributed by atoms with Gasteiger partial charge in [-0.15, -0.1) is 0 Å². The molecule has 1 rings (SSSR count). The van der Waals surface area contributed by atoms with Crippen LogP contribution in [-0.4, -0.2) is 56.2 Å². The van der Waals surface area contributed by atoms with Crippen molar-refractivity contribution in [2.24, 2.45) is 5.73 Å². The summed E-state index contributed by atoms with van der Waals surface area (Å²) in [4.78, 5) is 38.1. The fraction of sp³-hybridized carbons (Fsp3) is 0.769. The van der Waals surface area contributed by atoms with Gasteiger partial charge in [0.05, 0.1) is 4.90 Å². The Hall–Kier alpha value is -3.28. The molecule has 76 heavy (non-hydrogen) atoms. The molecule has 0 unspecified atom stereocenters. The first-order chi connectivity index (χ1) is 36.9. The topological polar surface area (TPSA) is 159 Å². The number of hydrogen-bond donors (Lipinski definition) is 2. The van der Waals surface area contributed by atoms with Crippen LogP contribution < -0.4 is 5.73 Å². The summed E-state index contributed by atoms with van der Waals surface area (Å²) in [6, 6.07) is 5.99. The molecule has 0 amide bonds. The van der Waals surface area contributed by atoms with Gasteiger partial charge < -0.3 is 19.9 Å². The van der Waals surface area contributed by atoms with Crippen molar-refractivity contribution in [3.8, 4) is 0 Å². The maximum absolute atomic E-state index is 12.7. The number of ether oxygens (including phenoxy) is 3. The lowest BCUT2D eigenvalue weighted by Crippen LogP contribution is -2.54. The van der Waals surface area contributed by atoms with Gasteiger partial charge in [-0.25, -0.2) is 0 Å². The van der Waals surface area contributed by atoms with Crippen LogP contribution in [0.1, 0.15) is 296 Å². The summed E-state index contributed by atoms with van der Waals surface area (Å²) in [7, 11) is -4.02. The van der Waals surface area contributed by atoms with Gasteiger partial charge in [-0.3, -0.25) is 18.9 Å². The number of nitrogens with two attached hydrogens (primary N) is 1. The lowest BCUT2D eigenvalue weighted by Gasteiger charge is -2.28. The molecule has 0 aliphatic carbocycles. The number of unbranched alkanes of at least 4 members (excludes halogenated alkanes) is 33. The minimum absolute atomic E-state index is 0.0666. The van der Waals surface area contributed by atoms with Gasteiger partial charge in [-0.05, 0) is 115 Å². The molecule has 1 aromatic rings. The minimum Gasteiger partial charge on any atom is -0.463 e. The molecule has 0 aliphatic rings. The highest BCUT2D eigenvalue weighted by Crippen LogP contribution is 2.16. The van der Waals surface area contributed by atoms with Gasteiger partial charge in [0, 0.05) is 19.3 Å². The average molecular weight is 1090 g/mol. The van der Waals surface area contributed by atoms with Crippen LogP contribution in [0.25, 0.3) is 0 Å². The van der Waals surface area contributed by atoms with Gasteiger partial charge in [-0.1, -0.05) is 229 Å². The Balaban J connectivity index is 0.00000449. The molecule has 0 bridgehead atoms. The van der Waals surface area contributed by atoms with E-state index in [0.29, 0.717) is 19.3 Å². The third-order valence-electron chi connectivity index (χ3n) is 13.8. The zero-order chi connectivity index (χ0) is 55.9. The Kier molecular flexibility index (Phi) is 51.4. The second-order valence-corrected chi connectivity index (χ2v) is 23.1. The van der Waals surface area contributed by atoms with E-state index < -0.39 is 15.7 Å². The largest absolute Gasteiger partial charge is 0.463 e. The molecule has 0 aliphatic heterocycles. The van der Waals surface area contributed by atoms with Crippen LogP contribution in [0.3, 0.4) is 0 Å². The van der Waals surface area contributed by atoms with Crippen LogP contribution in [-0.2, 0) is 38.7 Å². The quantitative estimate of drug-likeness (QED) is 0.0211. The highest BCUT2D eigenvalue weighted by Gasteiger charge is 2.31. The molecule has 0 heterocycles. The SMILES string of the molecule is CCCCCCCC/C=C\CCCCCCCC(=O)OCC(N)(COC(=O)CCCCCCC/C=C\CCCCCCCC)COC(=O)CCCCCCC/C=C\CCCCCCCC.Cc1ccc(S(=O)(=O)O)cc1. The van der Waals surface area contributed by atoms with Crippen molar-refractivity contribution in [2.75, 3.05) is 19.8 Å². The lowest BCUT2D eigenvalue weighted by molar-refractivity contribution is -0.155. The first-order valence-electron chi connectivity index (χ1n) is 31.1. The van der Waals surface area contributed by atoms with Crippen LogP contribution >= 0.6 is 0 Å². The summed E-state index contributed by atoms with van der Waals surface area (Å²) in [5.41, 5.74) is 6.31. The summed E-state index contributed by atoms with van der Waals surface area (Å²) < 4.78 is 46.4. The van der Waals surface area contributed by atoms with Crippen molar-refractivity contribution in [1.29, 1.82) is 0 Å². The summed E-state index contributed by atoms with van der Waals surface area (Å²) >= 11 is 0. The molecular weight excluding hydrogens is 971 g/mol. The number of esters is 3. The highest BCUT2D eigenvalue weighted by molar-refractivity contribution is 7.85. The second kappa shape index (κ2) is 53.7. The molecule has 0 radical (unpaired) electrons. The number of aryl methyl sites for hydroxylation is 1. The Morgan fingerprint density at radius 1 is 0.408 bits per heavy atom. The molecule has 1 aromatic carbocycles. The van der Waals surface area contributed by atoms with Crippen LogP contribution in [0, 0.1) is 6.92 Å². The molecular formula is C65H115NO9S. The normalized spacial score (nSPS) is 11.9. The van der Waals surface area contributed by atoms with Crippen LogP contribution in [0.5, 0.6) is 0 Å². The highest BCUT2D eigenvalue weighted by atomic mass is 32.2. The molecule has 0 saturated carbocycles. The molecule has 11 heteroatoms. The van der Waals surface area contributed by atoms with Crippen molar-refractivity contribution in [3.63, 3.8) is 0 Å². The average Bonchev–Trinajstić information content (AvgIpc) is 3.40. The Bertz CT molecular complexity index is 1550. The zero-order valence-corrected chi connectivity index (χ0v) is 50.1. The van der Waals surface area contributed by atoms with E-state index in [1.54, 1.807) is 12.1 Å². The summed E-state index contributed by atoms with van der Waals surface area (Å²) in [5, 5.41) is 0. The van der Waals surface area contributed by atoms with Crippen molar-refractivity contribution in [1.82, 2.24) is 0 Å². The molecule has 0 fully saturated rings. The van der Waals surface area contributed by atoms with Gasteiger partial charge in [0.2, 0.25) is 0 Å². The standard InChI is InChI=1S/C58H107NO6.C7H8O3S/c1-4-7-10-13-16-19-22-25-28-31-34-37-40-43-46-49-55(60)63-52-58(59,53-64-56(61)50-47-44-41-38-35-32-29-26-23-20-17-14-11-8-5-2)54-65-57(62)51-48-45-42-39-36-33-30-27-24-21-18-15-12-9-6-3;1-6-2-4-7(5-3-6)11(8,9)10/h25-30H,4-24,31-54,59H2,1-3H3;2-5H,1H3,(H,8,9,10)/b28-25-,29-26-,30-27-;. The first kappa shape index (κ1) is 72.7. The van der Waals surface area contributed by atoms with E-state index >= 15 is 0 Å². The van der Waals surface area contributed by atoms with Crippen molar-refractivity contribution in [2.45, 2.75) is 308 Å². The summed E-state index contributed by atoms with van der Waals surface area (Å²) in [6.45, 7) is 8.12. The maximum Gasteiger partial charge on any atom is 0.305 e. The van der Waals surface area contributed by atoms with Gasteiger partial charge in [-0.2, -0.15) is 8.42 Å². The number of rotatable bonds is 52. The molecule has 0 atom stereocenters. The Morgan fingerprint density at radius 3 is 0.868 bits per heavy atom. The monoisotopic (exact) mass is 1090 g/mol. The van der Waals surface area contributed by atoms with Crippen LogP contribution in [0.4, 0.5) is 0 Å². The summed E-state index contributed by atoms with van der Waals surface area (Å²) in [6.07, 6.45) is 61.6. The Labute approximate surface area is 467 Å². The minimum atomic E-state index is -4.02. The lowest BCUT2D eigenvalue weighted by atomic mass is 10.0. The van der Waals surface area contributed by atoms with E-state index in [1.807, 2.05) is 6.92 Å². The van der Waals surface area contributed by atoms with Crippen molar-refractivity contribution < 1.29 is 41.6 Å². The molecule has 0 spiro atoms. The molecule has 3 N–H and O–H groups in total. The zero-order valence-electron chi connectivity index (χ0n) is 49.3. The smallest absolute Gasteiger partial charge is 0.305 e. The van der Waals surface area contributed by atoms with Crippen LogP contribution in [0.15, 0.2) is 65.6 Å². The fourth-order valence-corrected chi connectivity index (χ4v) is 9.22. The van der Waals surface area contributed by atoms with E-state index in [-0.39, 0.29) is 42.6 Å². The third kappa shape index (κ3) is 51.5. The third-order valence-corrected chi connectivity index (χ3v) is 14.7. The van der Waals surface area contributed by atoms with Gasteiger partial charge in [0.15, 0.2) is 0 Å². The van der Waals surface area contributed by atoms with Crippen molar-refractivity contribution in [3.05, 3.63) is 66.3 Å². The predicted molar refractivity (Wildman–Crippen MR) is 319 cm³/mol. The summed E-state index contributed by atoms with van der Waals surface area (Å²) in [5.74, 6) is -0.968. The van der Waals surface area contributed by atoms with Gasteiger partial charge >= 0.3 is 17.9 Å². The number of allylic oxidation sites excluding steroid dienone is 6. The van der Waals surface area contributed by atoms with Crippen molar-refractivity contribution >= 4 is 28.0 Å². The van der Waals surface area contributed by atoms with E-state index in [0.717, 1.165) is 102 Å². The predicted octanol–water partition coefficient (Wildman–Crippen LogP) is 18.7. The first-order valence-corrected chi connectivity index (χ1v) is 32.6. The Morgan fingerprint density at radius 2 is 0.632 bits per heavy atom. The fourth-order valence-electron chi connectivity index (χ4n) is 8.74. The van der Waals surface area contributed by atoms with Crippen LogP contribution in [0.2, 0.25) is 0 Å². The maximum atomic E-state index is 12.7. The van der Waals surface area contributed by atoms with E-state index in [2.05, 4.69) is 57.2 Å². The van der Waals surface area contributed by atoms with E-state index in [4.69, 9.17) is 24.5 Å². The van der Waals surface area contributed by atoms with E-state index in [9.17, 15) is 22.8 Å². The van der Waals surface area contributed by atoms with Gasteiger partial charge in [0.25, 0.3) is 10.1 Å². The number of hydrogen-bond acceptors (Lipinski definition) is 9. The van der Waals surface area contributed by atoms with Gasteiger partial charge in [0.1, 0.15) is 25.4 Å². The number of carbonyl (C=O) groups excluding carboxylic acids is 3. The molecule has 0 saturated heterocycles. The number of carbonyl (C=O) groups is 3. The molecule has 440 valence electrons. The second-order valence-electron chi connectivity index (χ2n) is 21.6. The van der Waals surface area contributed by atoms with E-state index in [1.165, 1.54) is 166 Å². The molecule has 10 nitrogen and oxygen atoms in total. The molecule has 0 aromatic heterocycles. The number of benzene rings is 1.